The fourth-order valence-electron chi connectivity index (χ4n) is 2.45. The summed E-state index contributed by atoms with van der Waals surface area (Å²) < 4.78 is 5.77. The summed E-state index contributed by atoms with van der Waals surface area (Å²) in [5.41, 5.74) is 0.00239. The van der Waals surface area contributed by atoms with Gasteiger partial charge in [0.15, 0.2) is 0 Å². The van der Waals surface area contributed by atoms with E-state index in [-0.39, 0.29) is 11.0 Å². The van der Waals surface area contributed by atoms with Crippen LogP contribution in [-0.2, 0) is 4.74 Å². The summed E-state index contributed by atoms with van der Waals surface area (Å²) in [6, 6.07) is 0.472. The molecule has 0 saturated heterocycles. The van der Waals surface area contributed by atoms with Crippen molar-refractivity contribution in [3.63, 3.8) is 0 Å². The Labute approximate surface area is 100 Å². The van der Waals surface area contributed by atoms with Crippen LogP contribution in [-0.4, -0.2) is 24.3 Å². The standard InChI is InChI=1S/C14H25NO/c1-7-13(4,5)15-11-10-12(16-9-3)14(11,6)8-2/h1,11-12,15H,8-10H2,2-6H3. The first kappa shape index (κ1) is 13.5. The van der Waals surface area contributed by atoms with Crippen LogP contribution in [0.15, 0.2) is 0 Å². The van der Waals surface area contributed by atoms with Gasteiger partial charge in [0, 0.05) is 18.1 Å². The molecule has 0 aromatic carbocycles. The SMILES string of the molecule is C#CC(C)(C)NC1CC(OCC)C1(C)CC. The second-order valence-electron chi connectivity index (χ2n) is 5.51. The van der Waals surface area contributed by atoms with Crippen LogP contribution in [0.1, 0.15) is 47.5 Å². The predicted molar refractivity (Wildman–Crippen MR) is 68.3 cm³/mol. The van der Waals surface area contributed by atoms with Crippen LogP contribution >= 0.6 is 0 Å². The summed E-state index contributed by atoms with van der Waals surface area (Å²) >= 11 is 0. The Bertz CT molecular complexity index is 279. The monoisotopic (exact) mass is 223 g/mol. The lowest BCUT2D eigenvalue weighted by Crippen LogP contribution is -2.65. The minimum atomic E-state index is -0.224. The highest BCUT2D eigenvalue weighted by Crippen LogP contribution is 2.46. The van der Waals surface area contributed by atoms with E-state index in [4.69, 9.17) is 11.2 Å². The van der Waals surface area contributed by atoms with Crippen LogP contribution in [0.25, 0.3) is 0 Å². The van der Waals surface area contributed by atoms with Gasteiger partial charge >= 0.3 is 0 Å². The average molecular weight is 223 g/mol. The van der Waals surface area contributed by atoms with Crippen molar-refractivity contribution in [2.45, 2.75) is 65.1 Å². The molecule has 1 aliphatic rings. The molecule has 0 aliphatic heterocycles. The molecule has 16 heavy (non-hydrogen) atoms. The number of hydrogen-bond acceptors (Lipinski definition) is 2. The van der Waals surface area contributed by atoms with Gasteiger partial charge in [-0.1, -0.05) is 19.8 Å². The van der Waals surface area contributed by atoms with Gasteiger partial charge in [-0.2, -0.15) is 0 Å². The Morgan fingerprint density at radius 3 is 2.56 bits per heavy atom. The molecule has 1 aliphatic carbocycles. The van der Waals surface area contributed by atoms with E-state index < -0.39 is 0 Å². The third kappa shape index (κ3) is 2.42. The lowest BCUT2D eigenvalue weighted by atomic mass is 9.61. The summed E-state index contributed by atoms with van der Waals surface area (Å²) in [4.78, 5) is 0. The largest absolute Gasteiger partial charge is 0.378 e. The van der Waals surface area contributed by atoms with Gasteiger partial charge in [0.1, 0.15) is 0 Å². The third-order valence-corrected chi connectivity index (χ3v) is 4.01. The molecule has 1 rings (SSSR count). The Balaban J connectivity index is 2.63. The molecule has 1 saturated carbocycles. The molecule has 0 amide bonds. The van der Waals surface area contributed by atoms with Crippen LogP contribution in [0.4, 0.5) is 0 Å². The maximum Gasteiger partial charge on any atom is 0.0743 e. The van der Waals surface area contributed by atoms with Gasteiger partial charge < -0.3 is 4.74 Å². The second kappa shape index (κ2) is 4.77. The number of nitrogens with one attached hydrogen (secondary N) is 1. The van der Waals surface area contributed by atoms with E-state index >= 15 is 0 Å². The smallest absolute Gasteiger partial charge is 0.0743 e. The molecular formula is C14H25NO. The van der Waals surface area contributed by atoms with Crippen LogP contribution in [0.3, 0.4) is 0 Å². The molecule has 0 aromatic rings. The highest BCUT2D eigenvalue weighted by atomic mass is 16.5. The Morgan fingerprint density at radius 1 is 1.50 bits per heavy atom. The van der Waals surface area contributed by atoms with Crippen molar-refractivity contribution in [1.29, 1.82) is 0 Å². The molecule has 2 nitrogen and oxygen atoms in total. The van der Waals surface area contributed by atoms with Gasteiger partial charge in [0.05, 0.1) is 11.6 Å². The summed E-state index contributed by atoms with van der Waals surface area (Å²) in [6.45, 7) is 11.5. The van der Waals surface area contributed by atoms with Crippen molar-refractivity contribution in [2.24, 2.45) is 5.41 Å². The predicted octanol–water partition coefficient (Wildman–Crippen LogP) is 2.58. The van der Waals surface area contributed by atoms with Gasteiger partial charge in [-0.3, -0.25) is 5.32 Å². The van der Waals surface area contributed by atoms with E-state index in [0.717, 1.165) is 19.4 Å². The molecule has 3 unspecified atom stereocenters. The highest BCUT2D eigenvalue weighted by Gasteiger charge is 2.51. The van der Waals surface area contributed by atoms with Crippen LogP contribution < -0.4 is 5.32 Å². The zero-order valence-electron chi connectivity index (χ0n) is 11.3. The Kier molecular flexibility index (Phi) is 4.04. The van der Waals surface area contributed by atoms with Gasteiger partial charge in [-0.05, 0) is 33.6 Å². The maximum absolute atomic E-state index is 5.77. The molecular weight excluding hydrogens is 198 g/mol. The topological polar surface area (TPSA) is 21.3 Å². The second-order valence-corrected chi connectivity index (χ2v) is 5.51. The summed E-state index contributed by atoms with van der Waals surface area (Å²) in [6.07, 6.45) is 8.09. The van der Waals surface area contributed by atoms with E-state index in [9.17, 15) is 0 Å². The van der Waals surface area contributed by atoms with Crippen molar-refractivity contribution in [3.05, 3.63) is 0 Å². The van der Waals surface area contributed by atoms with Crippen molar-refractivity contribution >= 4 is 0 Å². The van der Waals surface area contributed by atoms with Crippen LogP contribution in [0, 0.1) is 17.8 Å². The zero-order chi connectivity index (χ0) is 12.4. The molecule has 0 spiro atoms. The van der Waals surface area contributed by atoms with Gasteiger partial charge in [-0.25, -0.2) is 0 Å². The molecule has 1 N–H and O–H groups in total. The molecule has 0 bridgehead atoms. The number of ether oxygens (including phenoxy) is 1. The first-order valence-electron chi connectivity index (χ1n) is 6.26. The van der Waals surface area contributed by atoms with Crippen molar-refractivity contribution in [2.75, 3.05) is 6.61 Å². The fraction of sp³-hybridized carbons (Fsp3) is 0.857. The first-order chi connectivity index (χ1) is 7.39. The maximum atomic E-state index is 5.77. The van der Waals surface area contributed by atoms with E-state index in [1.807, 2.05) is 0 Å². The normalized spacial score (nSPS) is 34.2. The number of terminal acetylenes is 1. The van der Waals surface area contributed by atoms with E-state index in [0.29, 0.717) is 12.1 Å². The van der Waals surface area contributed by atoms with Crippen molar-refractivity contribution < 1.29 is 4.74 Å². The molecule has 2 heteroatoms. The Hall–Kier alpha value is -0.520. The van der Waals surface area contributed by atoms with E-state index in [1.54, 1.807) is 0 Å². The lowest BCUT2D eigenvalue weighted by molar-refractivity contribution is -0.129. The fourth-order valence-corrected chi connectivity index (χ4v) is 2.45. The molecule has 0 aromatic heterocycles. The average Bonchev–Trinajstić information content (AvgIpc) is 2.26. The number of rotatable bonds is 5. The zero-order valence-corrected chi connectivity index (χ0v) is 11.3. The van der Waals surface area contributed by atoms with E-state index in [1.165, 1.54) is 0 Å². The van der Waals surface area contributed by atoms with Crippen molar-refractivity contribution in [1.82, 2.24) is 5.32 Å². The number of hydrogen-bond donors (Lipinski definition) is 1. The Morgan fingerprint density at radius 2 is 2.12 bits per heavy atom. The van der Waals surface area contributed by atoms with Gasteiger partial charge in [0.2, 0.25) is 0 Å². The van der Waals surface area contributed by atoms with Gasteiger partial charge in [0.25, 0.3) is 0 Å². The highest BCUT2D eigenvalue weighted by molar-refractivity contribution is 5.13. The lowest BCUT2D eigenvalue weighted by Gasteiger charge is -2.55. The van der Waals surface area contributed by atoms with Crippen LogP contribution in [0.5, 0.6) is 0 Å². The van der Waals surface area contributed by atoms with Gasteiger partial charge in [-0.15, -0.1) is 6.42 Å². The molecule has 92 valence electrons. The van der Waals surface area contributed by atoms with Crippen LogP contribution in [0.2, 0.25) is 0 Å². The molecule has 0 heterocycles. The third-order valence-electron chi connectivity index (χ3n) is 4.01. The van der Waals surface area contributed by atoms with Crippen molar-refractivity contribution in [3.8, 4) is 12.3 Å². The summed E-state index contributed by atoms with van der Waals surface area (Å²) in [5, 5.41) is 3.56. The molecule has 3 atom stereocenters. The molecule has 1 fully saturated rings. The summed E-state index contributed by atoms with van der Waals surface area (Å²) in [5.74, 6) is 2.80. The first-order valence-corrected chi connectivity index (χ1v) is 6.26. The minimum absolute atomic E-state index is 0.224. The quantitative estimate of drug-likeness (QED) is 0.723. The summed E-state index contributed by atoms with van der Waals surface area (Å²) in [7, 11) is 0. The van der Waals surface area contributed by atoms with E-state index in [2.05, 4.69) is 45.9 Å². The minimum Gasteiger partial charge on any atom is -0.378 e. The molecule has 0 radical (unpaired) electrons.